The third kappa shape index (κ3) is 2.76. The van der Waals surface area contributed by atoms with E-state index in [9.17, 15) is 4.79 Å². The van der Waals surface area contributed by atoms with Crippen LogP contribution in [0.2, 0.25) is 0 Å². The van der Waals surface area contributed by atoms with E-state index in [-0.39, 0.29) is 5.41 Å². The maximum Gasteiger partial charge on any atom is 0.133 e. The highest BCUT2D eigenvalue weighted by molar-refractivity contribution is 5.79. The molecule has 0 aromatic carbocycles. The molecule has 3 fully saturated rings. The lowest BCUT2D eigenvalue weighted by Crippen LogP contribution is -2.49. The number of allylic oxidation sites excluding steroid dienone is 4. The number of rotatable bonds is 3. The lowest BCUT2D eigenvalue weighted by Gasteiger charge is -2.57. The molecule has 0 spiro atoms. The van der Waals surface area contributed by atoms with Crippen LogP contribution in [0.3, 0.4) is 0 Å². The molecule has 0 N–H and O–H groups in total. The van der Waals surface area contributed by atoms with Gasteiger partial charge < -0.3 is 4.74 Å². The van der Waals surface area contributed by atoms with E-state index in [4.69, 9.17) is 4.74 Å². The fraction of sp³-hybridized carbons (Fsp3) is 0.808. The molecule has 0 amide bonds. The van der Waals surface area contributed by atoms with E-state index in [1.54, 1.807) is 5.57 Å². The molecule has 28 heavy (non-hydrogen) atoms. The summed E-state index contributed by atoms with van der Waals surface area (Å²) in [5.41, 5.74) is 2.15. The summed E-state index contributed by atoms with van der Waals surface area (Å²) in [6, 6.07) is 0. The van der Waals surface area contributed by atoms with Gasteiger partial charge in [0.25, 0.3) is 0 Å². The number of hydrogen-bond acceptors (Lipinski definition) is 2. The summed E-state index contributed by atoms with van der Waals surface area (Å²) in [6.45, 7) is 6.82. The number of ether oxygens (including phenoxy) is 1. The topological polar surface area (TPSA) is 26.3 Å². The Kier molecular flexibility index (Phi) is 4.56. The van der Waals surface area contributed by atoms with Gasteiger partial charge in [0, 0.05) is 12.3 Å². The number of carbonyl (C=O) groups is 1. The van der Waals surface area contributed by atoms with E-state index in [1.807, 2.05) is 6.92 Å². The molecule has 0 saturated heterocycles. The SMILES string of the molecule is CC(=O)[C@H]1CC[C@H]2[C@@H]3CC=C4C=C(OC5CCCC5)CC[C@]4(C)[C@H]3CC[C@]12C. The zero-order chi connectivity index (χ0) is 19.5. The summed E-state index contributed by atoms with van der Waals surface area (Å²) in [5.74, 6) is 4.33. The maximum atomic E-state index is 12.3. The Morgan fingerprint density at radius 3 is 2.57 bits per heavy atom. The molecule has 0 aliphatic heterocycles. The summed E-state index contributed by atoms with van der Waals surface area (Å²) in [4.78, 5) is 12.3. The fourth-order valence-corrected chi connectivity index (χ4v) is 8.28. The van der Waals surface area contributed by atoms with Crippen molar-refractivity contribution < 1.29 is 9.53 Å². The molecule has 2 heteroatoms. The summed E-state index contributed by atoms with van der Waals surface area (Å²) in [7, 11) is 0. The van der Waals surface area contributed by atoms with Gasteiger partial charge in [0.2, 0.25) is 0 Å². The lowest BCUT2D eigenvalue weighted by atomic mass is 9.48. The van der Waals surface area contributed by atoms with Crippen LogP contribution in [0, 0.1) is 34.5 Å². The van der Waals surface area contributed by atoms with Crippen molar-refractivity contribution >= 4 is 5.78 Å². The number of Topliss-reactive ketones (excluding diaryl/α,β-unsaturated/α-hetero) is 1. The summed E-state index contributed by atoms with van der Waals surface area (Å²) in [5, 5.41) is 0. The van der Waals surface area contributed by atoms with Crippen molar-refractivity contribution in [2.24, 2.45) is 34.5 Å². The zero-order valence-corrected chi connectivity index (χ0v) is 18.1. The van der Waals surface area contributed by atoms with Gasteiger partial charge in [-0.15, -0.1) is 0 Å². The minimum atomic E-state index is 0.260. The highest BCUT2D eigenvalue weighted by Crippen LogP contribution is 2.66. The van der Waals surface area contributed by atoms with Gasteiger partial charge in [0.05, 0.1) is 11.9 Å². The molecule has 0 aromatic rings. The fourth-order valence-electron chi connectivity index (χ4n) is 8.28. The first-order valence-electron chi connectivity index (χ1n) is 12.0. The van der Waals surface area contributed by atoms with Crippen molar-refractivity contribution in [2.45, 2.75) is 97.5 Å². The smallest absolute Gasteiger partial charge is 0.133 e. The number of carbonyl (C=O) groups excluding carboxylic acids is 1. The van der Waals surface area contributed by atoms with Gasteiger partial charge in [-0.25, -0.2) is 0 Å². The highest BCUT2D eigenvalue weighted by Gasteiger charge is 2.59. The first-order chi connectivity index (χ1) is 13.4. The molecule has 154 valence electrons. The predicted octanol–water partition coefficient (Wildman–Crippen LogP) is 6.61. The minimum absolute atomic E-state index is 0.260. The van der Waals surface area contributed by atoms with Gasteiger partial charge in [-0.05, 0) is 111 Å². The second-order valence-electron chi connectivity index (χ2n) is 11.1. The molecule has 3 saturated carbocycles. The molecule has 6 atom stereocenters. The molecule has 5 rings (SSSR count). The predicted molar refractivity (Wildman–Crippen MR) is 113 cm³/mol. The Bertz CT molecular complexity index is 712. The molecule has 5 aliphatic carbocycles. The highest BCUT2D eigenvalue weighted by atomic mass is 16.5. The van der Waals surface area contributed by atoms with Crippen molar-refractivity contribution in [1.82, 2.24) is 0 Å². The standard InChI is InChI=1S/C26H38O2/c1-17(27)22-10-11-23-21-9-8-18-16-20(28-19-6-4-5-7-19)12-14-25(18,2)24(21)13-15-26(22,23)3/h8,16,19,21-24H,4-7,9-15H2,1-3H3/t21-,22+,23-,24-,25-,26+/m0/s1. The zero-order valence-electron chi connectivity index (χ0n) is 18.1. The maximum absolute atomic E-state index is 12.3. The van der Waals surface area contributed by atoms with E-state index in [0.717, 1.165) is 30.6 Å². The molecular weight excluding hydrogens is 344 g/mol. The van der Waals surface area contributed by atoms with Gasteiger partial charge in [-0.2, -0.15) is 0 Å². The molecule has 0 unspecified atom stereocenters. The minimum Gasteiger partial charge on any atom is -0.495 e. The van der Waals surface area contributed by atoms with Crippen molar-refractivity contribution in [3.63, 3.8) is 0 Å². The van der Waals surface area contributed by atoms with E-state index in [0.29, 0.717) is 23.2 Å². The molecule has 0 radical (unpaired) electrons. The summed E-state index contributed by atoms with van der Waals surface area (Å²) in [6.07, 6.45) is 19.2. The monoisotopic (exact) mass is 382 g/mol. The van der Waals surface area contributed by atoms with Crippen LogP contribution in [-0.2, 0) is 9.53 Å². The Hall–Kier alpha value is -1.05. The quantitative estimate of drug-likeness (QED) is 0.549. The van der Waals surface area contributed by atoms with E-state index < -0.39 is 0 Å². The summed E-state index contributed by atoms with van der Waals surface area (Å²) >= 11 is 0. The van der Waals surface area contributed by atoms with E-state index in [1.165, 1.54) is 63.5 Å². The number of ketones is 1. The van der Waals surface area contributed by atoms with E-state index in [2.05, 4.69) is 26.0 Å². The molecule has 0 heterocycles. The van der Waals surface area contributed by atoms with Crippen molar-refractivity contribution in [3.8, 4) is 0 Å². The normalized spacial score (nSPS) is 45.5. The second-order valence-corrected chi connectivity index (χ2v) is 11.1. The third-order valence-electron chi connectivity index (χ3n) is 9.84. The molecule has 0 aromatic heterocycles. The van der Waals surface area contributed by atoms with Gasteiger partial charge in [0.1, 0.15) is 5.78 Å². The average molecular weight is 383 g/mol. The van der Waals surface area contributed by atoms with Crippen LogP contribution in [0.1, 0.15) is 91.4 Å². The average Bonchev–Trinajstić information content (AvgIpc) is 3.28. The lowest BCUT2D eigenvalue weighted by molar-refractivity contribution is -0.127. The Morgan fingerprint density at radius 1 is 1.04 bits per heavy atom. The Balaban J connectivity index is 1.39. The van der Waals surface area contributed by atoms with Crippen LogP contribution in [0.25, 0.3) is 0 Å². The van der Waals surface area contributed by atoms with Gasteiger partial charge in [0.15, 0.2) is 0 Å². The first-order valence-corrected chi connectivity index (χ1v) is 12.0. The Labute approximate surface area is 171 Å². The van der Waals surface area contributed by atoms with Crippen LogP contribution >= 0.6 is 0 Å². The largest absolute Gasteiger partial charge is 0.495 e. The molecular formula is C26H38O2. The van der Waals surface area contributed by atoms with Crippen molar-refractivity contribution in [1.29, 1.82) is 0 Å². The van der Waals surface area contributed by atoms with Crippen LogP contribution in [-0.4, -0.2) is 11.9 Å². The number of fused-ring (bicyclic) bond motifs is 5. The molecule has 0 bridgehead atoms. The van der Waals surface area contributed by atoms with Gasteiger partial charge in [-0.1, -0.05) is 19.9 Å². The van der Waals surface area contributed by atoms with Gasteiger partial charge in [-0.3, -0.25) is 4.79 Å². The van der Waals surface area contributed by atoms with Crippen molar-refractivity contribution in [3.05, 3.63) is 23.5 Å². The van der Waals surface area contributed by atoms with Crippen LogP contribution in [0.5, 0.6) is 0 Å². The van der Waals surface area contributed by atoms with Crippen molar-refractivity contribution in [2.75, 3.05) is 0 Å². The Morgan fingerprint density at radius 2 is 1.82 bits per heavy atom. The first kappa shape index (κ1) is 18.9. The second kappa shape index (κ2) is 6.74. The summed E-state index contributed by atoms with van der Waals surface area (Å²) < 4.78 is 6.39. The van der Waals surface area contributed by atoms with Crippen LogP contribution in [0.15, 0.2) is 23.5 Å². The van der Waals surface area contributed by atoms with Crippen LogP contribution < -0.4 is 0 Å². The van der Waals surface area contributed by atoms with E-state index >= 15 is 0 Å². The molecule has 2 nitrogen and oxygen atoms in total. The number of hydrogen-bond donors (Lipinski definition) is 0. The third-order valence-corrected chi connectivity index (χ3v) is 9.84. The molecule has 5 aliphatic rings. The van der Waals surface area contributed by atoms with Gasteiger partial charge >= 0.3 is 0 Å². The van der Waals surface area contributed by atoms with Crippen LogP contribution in [0.4, 0.5) is 0 Å².